The van der Waals surface area contributed by atoms with Gasteiger partial charge in [-0.25, -0.2) is 9.67 Å². The molecule has 1 N–H and O–H groups in total. The van der Waals surface area contributed by atoms with Crippen LogP contribution in [0.15, 0.2) is 24.3 Å². The van der Waals surface area contributed by atoms with Gasteiger partial charge in [-0.3, -0.25) is 0 Å². The van der Waals surface area contributed by atoms with Gasteiger partial charge >= 0.3 is 0 Å². The predicted octanol–water partition coefficient (Wildman–Crippen LogP) is 0.973. The topological polar surface area (TPSA) is 81.7 Å². The van der Waals surface area contributed by atoms with Crippen molar-refractivity contribution in [3.8, 4) is 0 Å². The SMILES string of the molecule is CCCn1nnnc1Cn1c(CO)nc2ccccc21. The van der Waals surface area contributed by atoms with Gasteiger partial charge in [0.25, 0.3) is 0 Å². The second-order valence-electron chi connectivity index (χ2n) is 4.58. The molecule has 3 aromatic rings. The summed E-state index contributed by atoms with van der Waals surface area (Å²) in [5.74, 6) is 1.39. The lowest BCUT2D eigenvalue weighted by Crippen LogP contribution is -2.12. The number of fused-ring (bicyclic) bond motifs is 1. The maximum atomic E-state index is 9.48. The van der Waals surface area contributed by atoms with Crippen molar-refractivity contribution in [3.05, 3.63) is 35.9 Å². The summed E-state index contributed by atoms with van der Waals surface area (Å²) in [5, 5.41) is 21.2. The monoisotopic (exact) mass is 272 g/mol. The molecule has 0 aliphatic heterocycles. The minimum atomic E-state index is -0.107. The molecule has 0 aliphatic carbocycles. The molecule has 3 rings (SSSR count). The number of hydrogen-bond donors (Lipinski definition) is 1. The van der Waals surface area contributed by atoms with Gasteiger partial charge in [0.05, 0.1) is 17.6 Å². The first kappa shape index (κ1) is 12.7. The molecule has 0 amide bonds. The maximum absolute atomic E-state index is 9.48. The average Bonchev–Trinajstić information content (AvgIpc) is 3.05. The fraction of sp³-hybridized carbons (Fsp3) is 0.385. The molecule has 2 heterocycles. The molecule has 0 fully saturated rings. The second-order valence-corrected chi connectivity index (χ2v) is 4.58. The van der Waals surface area contributed by atoms with Gasteiger partial charge in [-0.15, -0.1) is 5.10 Å². The molecule has 0 spiro atoms. The summed E-state index contributed by atoms with van der Waals surface area (Å²) in [6.45, 7) is 3.26. The number of aliphatic hydroxyl groups is 1. The molecule has 0 unspecified atom stereocenters. The fourth-order valence-corrected chi connectivity index (χ4v) is 2.29. The van der Waals surface area contributed by atoms with Gasteiger partial charge < -0.3 is 9.67 Å². The van der Waals surface area contributed by atoms with Crippen molar-refractivity contribution in [2.75, 3.05) is 0 Å². The molecular weight excluding hydrogens is 256 g/mol. The van der Waals surface area contributed by atoms with E-state index < -0.39 is 0 Å². The van der Waals surface area contributed by atoms with Gasteiger partial charge in [0.15, 0.2) is 5.82 Å². The largest absolute Gasteiger partial charge is 0.388 e. The number of benzene rings is 1. The van der Waals surface area contributed by atoms with Crippen LogP contribution in [0.1, 0.15) is 25.0 Å². The number of imidazole rings is 1. The Labute approximate surface area is 115 Å². The summed E-state index contributed by atoms with van der Waals surface area (Å²) in [7, 11) is 0. The van der Waals surface area contributed by atoms with Gasteiger partial charge in [-0.2, -0.15) is 0 Å². The van der Waals surface area contributed by atoms with Gasteiger partial charge in [-0.1, -0.05) is 19.1 Å². The van der Waals surface area contributed by atoms with E-state index in [0.717, 1.165) is 29.8 Å². The zero-order chi connectivity index (χ0) is 13.9. The molecule has 1 aromatic carbocycles. The first-order valence-corrected chi connectivity index (χ1v) is 6.63. The van der Waals surface area contributed by atoms with E-state index in [1.807, 2.05) is 28.8 Å². The Kier molecular flexibility index (Phi) is 3.42. The van der Waals surface area contributed by atoms with Crippen molar-refractivity contribution in [2.24, 2.45) is 0 Å². The van der Waals surface area contributed by atoms with E-state index in [1.54, 1.807) is 4.68 Å². The summed E-state index contributed by atoms with van der Waals surface area (Å²) < 4.78 is 3.74. The summed E-state index contributed by atoms with van der Waals surface area (Å²) in [6.07, 6.45) is 0.968. The molecule has 7 nitrogen and oxygen atoms in total. The van der Waals surface area contributed by atoms with Crippen molar-refractivity contribution < 1.29 is 5.11 Å². The number of nitrogens with zero attached hydrogens (tertiary/aromatic N) is 6. The van der Waals surface area contributed by atoms with Gasteiger partial charge in [0, 0.05) is 6.54 Å². The third kappa shape index (κ3) is 2.16. The van der Waals surface area contributed by atoms with Gasteiger partial charge in [0.2, 0.25) is 0 Å². The van der Waals surface area contributed by atoms with Crippen LogP contribution in [0.3, 0.4) is 0 Å². The highest BCUT2D eigenvalue weighted by atomic mass is 16.3. The van der Waals surface area contributed by atoms with E-state index in [2.05, 4.69) is 27.4 Å². The smallest absolute Gasteiger partial charge is 0.171 e. The molecule has 0 saturated carbocycles. The Bertz CT molecular complexity index is 717. The lowest BCUT2D eigenvalue weighted by atomic mass is 10.3. The molecule has 104 valence electrons. The summed E-state index contributed by atoms with van der Waals surface area (Å²) in [6, 6.07) is 7.80. The van der Waals surface area contributed by atoms with E-state index in [9.17, 15) is 5.11 Å². The Balaban J connectivity index is 2.03. The van der Waals surface area contributed by atoms with Crippen molar-refractivity contribution in [1.82, 2.24) is 29.8 Å². The minimum Gasteiger partial charge on any atom is -0.388 e. The number of para-hydroxylation sites is 2. The highest BCUT2D eigenvalue weighted by Gasteiger charge is 2.13. The molecular formula is C13H16N6O. The molecule has 0 aliphatic rings. The Morgan fingerprint density at radius 2 is 2.05 bits per heavy atom. The quantitative estimate of drug-likeness (QED) is 0.748. The van der Waals surface area contributed by atoms with Crippen LogP contribution in [0.5, 0.6) is 0 Å². The Morgan fingerprint density at radius 1 is 1.20 bits per heavy atom. The minimum absolute atomic E-state index is 0.107. The van der Waals surface area contributed by atoms with Crippen LogP contribution in [-0.2, 0) is 19.7 Å². The molecule has 7 heteroatoms. The number of tetrazole rings is 1. The number of hydrogen-bond acceptors (Lipinski definition) is 5. The van der Waals surface area contributed by atoms with E-state index in [-0.39, 0.29) is 6.61 Å². The third-order valence-corrected chi connectivity index (χ3v) is 3.22. The zero-order valence-electron chi connectivity index (χ0n) is 11.3. The van der Waals surface area contributed by atoms with Crippen LogP contribution in [0.2, 0.25) is 0 Å². The Morgan fingerprint density at radius 3 is 2.85 bits per heavy atom. The first-order valence-electron chi connectivity index (χ1n) is 6.63. The van der Waals surface area contributed by atoms with Crippen LogP contribution in [0.4, 0.5) is 0 Å². The van der Waals surface area contributed by atoms with Crippen molar-refractivity contribution in [1.29, 1.82) is 0 Å². The standard InChI is InChI=1S/C13H16N6O/c1-2-7-19-12(15-16-17-19)8-18-11-6-4-3-5-10(11)14-13(18)9-20/h3-6,20H,2,7-9H2,1H3. The maximum Gasteiger partial charge on any atom is 0.171 e. The predicted molar refractivity (Wildman–Crippen MR) is 72.9 cm³/mol. The normalized spacial score (nSPS) is 11.3. The van der Waals surface area contributed by atoms with Crippen LogP contribution >= 0.6 is 0 Å². The summed E-state index contributed by atoms with van der Waals surface area (Å²) in [5.41, 5.74) is 1.84. The molecule has 20 heavy (non-hydrogen) atoms. The third-order valence-electron chi connectivity index (χ3n) is 3.22. The number of aryl methyl sites for hydroxylation is 1. The molecule has 0 radical (unpaired) electrons. The van der Waals surface area contributed by atoms with Crippen molar-refractivity contribution >= 4 is 11.0 Å². The highest BCUT2D eigenvalue weighted by molar-refractivity contribution is 5.75. The highest BCUT2D eigenvalue weighted by Crippen LogP contribution is 2.17. The lowest BCUT2D eigenvalue weighted by Gasteiger charge is -2.07. The summed E-state index contributed by atoms with van der Waals surface area (Å²) >= 11 is 0. The number of aliphatic hydroxyl groups excluding tert-OH is 1. The fourth-order valence-electron chi connectivity index (χ4n) is 2.29. The summed E-state index contributed by atoms with van der Waals surface area (Å²) in [4.78, 5) is 4.42. The van der Waals surface area contributed by atoms with Gasteiger partial charge in [0.1, 0.15) is 12.4 Å². The van der Waals surface area contributed by atoms with Gasteiger partial charge in [-0.05, 0) is 29.0 Å². The molecule has 0 atom stereocenters. The van der Waals surface area contributed by atoms with Crippen LogP contribution in [-0.4, -0.2) is 34.9 Å². The van der Waals surface area contributed by atoms with Crippen molar-refractivity contribution in [2.45, 2.75) is 33.0 Å². The second kappa shape index (κ2) is 5.38. The lowest BCUT2D eigenvalue weighted by molar-refractivity contribution is 0.266. The van der Waals surface area contributed by atoms with E-state index in [0.29, 0.717) is 12.4 Å². The molecule has 2 aromatic heterocycles. The first-order chi connectivity index (χ1) is 9.83. The van der Waals surface area contributed by atoms with E-state index in [4.69, 9.17) is 0 Å². The van der Waals surface area contributed by atoms with Crippen LogP contribution < -0.4 is 0 Å². The average molecular weight is 272 g/mol. The molecule has 0 saturated heterocycles. The number of aromatic nitrogens is 6. The zero-order valence-corrected chi connectivity index (χ0v) is 11.3. The Hall–Kier alpha value is -2.28. The van der Waals surface area contributed by atoms with Crippen LogP contribution in [0, 0.1) is 0 Å². The number of rotatable bonds is 5. The van der Waals surface area contributed by atoms with E-state index in [1.165, 1.54) is 0 Å². The van der Waals surface area contributed by atoms with Crippen molar-refractivity contribution in [3.63, 3.8) is 0 Å². The molecule has 0 bridgehead atoms. The van der Waals surface area contributed by atoms with Crippen LogP contribution in [0.25, 0.3) is 11.0 Å². The van der Waals surface area contributed by atoms with E-state index >= 15 is 0 Å².